The highest BCUT2D eigenvalue weighted by Gasteiger charge is 2.39. The number of hydrogen-bond donors (Lipinski definition) is 2. The molecule has 0 heterocycles. The van der Waals surface area contributed by atoms with E-state index in [2.05, 4.69) is 10.5 Å². The van der Waals surface area contributed by atoms with E-state index in [0.29, 0.717) is 28.2 Å². The number of aliphatic hydroxyl groups is 1. The van der Waals surface area contributed by atoms with Crippen LogP contribution in [0.1, 0.15) is 44.4 Å². The van der Waals surface area contributed by atoms with Crippen molar-refractivity contribution < 1.29 is 19.4 Å². The summed E-state index contributed by atoms with van der Waals surface area (Å²) in [5.74, 6) is 0.606. The summed E-state index contributed by atoms with van der Waals surface area (Å²) in [6.45, 7) is 7.76. The predicted molar refractivity (Wildman–Crippen MR) is 130 cm³/mol. The van der Waals surface area contributed by atoms with E-state index >= 15 is 0 Å². The van der Waals surface area contributed by atoms with Gasteiger partial charge in [0.15, 0.2) is 5.60 Å². The SMILES string of the molecule is CC(C)Oc1ccc(/C=N/NC(=O)C(O)(c2ccccc2)c2ccccc2)c(OC(C)C)c1. The predicted octanol–water partition coefficient (Wildman–Crippen LogP) is 4.65. The summed E-state index contributed by atoms with van der Waals surface area (Å²) < 4.78 is 11.6. The van der Waals surface area contributed by atoms with Gasteiger partial charge in [-0.2, -0.15) is 5.10 Å². The molecule has 0 spiro atoms. The Hall–Kier alpha value is -3.64. The van der Waals surface area contributed by atoms with Crippen molar-refractivity contribution in [1.29, 1.82) is 0 Å². The molecule has 6 nitrogen and oxygen atoms in total. The van der Waals surface area contributed by atoms with Gasteiger partial charge in [-0.25, -0.2) is 5.43 Å². The topological polar surface area (TPSA) is 80.2 Å². The van der Waals surface area contributed by atoms with Crippen molar-refractivity contribution in [3.05, 3.63) is 95.6 Å². The fourth-order valence-corrected chi connectivity index (χ4v) is 3.35. The molecule has 0 aliphatic carbocycles. The number of nitrogens with zero attached hydrogens (tertiary/aromatic N) is 1. The quantitative estimate of drug-likeness (QED) is 0.370. The van der Waals surface area contributed by atoms with Gasteiger partial charge in [-0.3, -0.25) is 4.79 Å². The first-order valence-electron chi connectivity index (χ1n) is 10.9. The molecule has 0 unspecified atom stereocenters. The molecule has 0 aliphatic rings. The van der Waals surface area contributed by atoms with Gasteiger partial charge in [-0.05, 0) is 51.0 Å². The Morgan fingerprint density at radius 1 is 0.879 bits per heavy atom. The summed E-state index contributed by atoms with van der Waals surface area (Å²) in [5.41, 5.74) is 2.16. The van der Waals surface area contributed by atoms with Crippen LogP contribution >= 0.6 is 0 Å². The maximum Gasteiger partial charge on any atom is 0.281 e. The maximum absolute atomic E-state index is 13.2. The van der Waals surface area contributed by atoms with Crippen molar-refractivity contribution in [2.24, 2.45) is 5.10 Å². The Morgan fingerprint density at radius 3 is 1.94 bits per heavy atom. The molecule has 1 amide bonds. The zero-order chi connectivity index (χ0) is 23.8. The molecular formula is C27H30N2O4. The first-order valence-corrected chi connectivity index (χ1v) is 10.9. The number of hydrogen-bond acceptors (Lipinski definition) is 5. The van der Waals surface area contributed by atoms with Crippen LogP contribution in [0.2, 0.25) is 0 Å². The molecule has 172 valence electrons. The van der Waals surface area contributed by atoms with Crippen LogP contribution < -0.4 is 14.9 Å². The number of ether oxygens (including phenoxy) is 2. The smallest absolute Gasteiger partial charge is 0.281 e. The van der Waals surface area contributed by atoms with E-state index in [4.69, 9.17) is 9.47 Å². The lowest BCUT2D eigenvalue weighted by Crippen LogP contribution is -2.43. The third-order valence-corrected chi connectivity index (χ3v) is 4.80. The van der Waals surface area contributed by atoms with Crippen LogP contribution in [0, 0.1) is 0 Å². The average molecular weight is 447 g/mol. The van der Waals surface area contributed by atoms with E-state index in [1.54, 1.807) is 54.6 Å². The van der Waals surface area contributed by atoms with Crippen molar-refractivity contribution in [2.75, 3.05) is 0 Å². The summed E-state index contributed by atoms with van der Waals surface area (Å²) in [6, 6.07) is 23.0. The standard InChI is InChI=1S/C27H30N2O4/c1-19(2)32-24-16-15-21(25(17-24)33-20(3)4)18-28-29-26(30)27(31,22-11-7-5-8-12-22)23-13-9-6-10-14-23/h5-20,31H,1-4H3,(H,29,30)/b28-18+. The molecule has 3 aromatic carbocycles. The fourth-order valence-electron chi connectivity index (χ4n) is 3.35. The van der Waals surface area contributed by atoms with Crippen LogP contribution in [0.3, 0.4) is 0 Å². The van der Waals surface area contributed by atoms with Gasteiger partial charge in [0, 0.05) is 11.6 Å². The number of benzene rings is 3. The van der Waals surface area contributed by atoms with E-state index in [9.17, 15) is 9.90 Å². The normalized spacial score (nSPS) is 11.7. The van der Waals surface area contributed by atoms with Crippen LogP contribution in [0.4, 0.5) is 0 Å². The molecule has 0 radical (unpaired) electrons. The van der Waals surface area contributed by atoms with E-state index < -0.39 is 11.5 Å². The second-order valence-corrected chi connectivity index (χ2v) is 8.17. The Balaban J connectivity index is 1.87. The van der Waals surface area contributed by atoms with E-state index in [-0.39, 0.29) is 12.2 Å². The molecule has 6 heteroatoms. The second-order valence-electron chi connectivity index (χ2n) is 8.17. The fraction of sp³-hybridized carbons (Fsp3) is 0.259. The molecule has 3 aromatic rings. The van der Waals surface area contributed by atoms with Gasteiger partial charge in [0.2, 0.25) is 0 Å². The zero-order valence-electron chi connectivity index (χ0n) is 19.4. The Morgan fingerprint density at radius 2 is 1.42 bits per heavy atom. The summed E-state index contributed by atoms with van der Waals surface area (Å²) in [5, 5.41) is 15.6. The Kier molecular flexibility index (Phi) is 7.85. The number of amides is 1. The van der Waals surface area contributed by atoms with Gasteiger partial charge in [-0.1, -0.05) is 60.7 Å². The molecule has 0 atom stereocenters. The third-order valence-electron chi connectivity index (χ3n) is 4.80. The highest BCUT2D eigenvalue weighted by molar-refractivity contribution is 5.91. The van der Waals surface area contributed by atoms with Crippen LogP contribution in [-0.4, -0.2) is 29.4 Å². The monoisotopic (exact) mass is 446 g/mol. The molecular weight excluding hydrogens is 416 g/mol. The summed E-state index contributed by atoms with van der Waals surface area (Å²) in [4.78, 5) is 13.2. The van der Waals surface area contributed by atoms with Crippen LogP contribution in [0.15, 0.2) is 84.0 Å². The number of rotatable bonds is 9. The largest absolute Gasteiger partial charge is 0.491 e. The maximum atomic E-state index is 13.2. The van der Waals surface area contributed by atoms with Crippen molar-refractivity contribution in [2.45, 2.75) is 45.5 Å². The Bertz CT molecular complexity index is 1040. The van der Waals surface area contributed by atoms with Gasteiger partial charge >= 0.3 is 0 Å². The van der Waals surface area contributed by atoms with Gasteiger partial charge in [0.05, 0.1) is 18.4 Å². The zero-order valence-corrected chi connectivity index (χ0v) is 19.4. The van der Waals surface area contributed by atoms with Crippen molar-refractivity contribution in [3.8, 4) is 11.5 Å². The minimum Gasteiger partial charge on any atom is -0.491 e. The summed E-state index contributed by atoms with van der Waals surface area (Å²) >= 11 is 0. The van der Waals surface area contributed by atoms with Crippen molar-refractivity contribution in [3.63, 3.8) is 0 Å². The lowest BCUT2D eigenvalue weighted by Gasteiger charge is -2.27. The summed E-state index contributed by atoms with van der Waals surface area (Å²) in [6.07, 6.45) is 1.47. The van der Waals surface area contributed by atoms with E-state index in [1.165, 1.54) is 6.21 Å². The molecule has 0 fully saturated rings. The molecule has 0 saturated carbocycles. The number of carbonyl (C=O) groups is 1. The number of hydrazone groups is 1. The van der Waals surface area contributed by atoms with Crippen molar-refractivity contribution in [1.82, 2.24) is 5.43 Å². The molecule has 0 bridgehead atoms. The lowest BCUT2D eigenvalue weighted by molar-refractivity contribution is -0.136. The number of nitrogens with one attached hydrogen (secondary N) is 1. The van der Waals surface area contributed by atoms with Crippen LogP contribution in [0.5, 0.6) is 11.5 Å². The van der Waals surface area contributed by atoms with Crippen molar-refractivity contribution >= 4 is 12.1 Å². The molecule has 33 heavy (non-hydrogen) atoms. The molecule has 3 rings (SSSR count). The first kappa shape index (κ1) is 24.0. The average Bonchev–Trinajstić information content (AvgIpc) is 2.80. The van der Waals surface area contributed by atoms with Crippen LogP contribution in [0.25, 0.3) is 0 Å². The minimum absolute atomic E-state index is 0.0318. The highest BCUT2D eigenvalue weighted by Crippen LogP contribution is 2.30. The highest BCUT2D eigenvalue weighted by atomic mass is 16.5. The van der Waals surface area contributed by atoms with E-state index in [1.807, 2.05) is 52.0 Å². The summed E-state index contributed by atoms with van der Waals surface area (Å²) in [7, 11) is 0. The van der Waals surface area contributed by atoms with Gasteiger partial charge < -0.3 is 14.6 Å². The molecule has 0 aromatic heterocycles. The minimum atomic E-state index is -1.90. The second kappa shape index (κ2) is 10.8. The van der Waals surface area contributed by atoms with Crippen LogP contribution in [-0.2, 0) is 10.4 Å². The number of carbonyl (C=O) groups excluding carboxylic acids is 1. The van der Waals surface area contributed by atoms with E-state index in [0.717, 1.165) is 0 Å². The first-order chi connectivity index (χ1) is 15.8. The molecule has 0 aliphatic heterocycles. The Labute approximate surface area is 194 Å². The third kappa shape index (κ3) is 5.99. The molecule has 0 saturated heterocycles. The van der Waals surface area contributed by atoms with Gasteiger partial charge in [-0.15, -0.1) is 0 Å². The lowest BCUT2D eigenvalue weighted by atomic mass is 9.85. The van der Waals surface area contributed by atoms with Gasteiger partial charge in [0.1, 0.15) is 11.5 Å². The molecule has 2 N–H and O–H groups in total. The van der Waals surface area contributed by atoms with Gasteiger partial charge in [0.25, 0.3) is 5.91 Å².